The zero-order chi connectivity index (χ0) is 13.8. The Labute approximate surface area is 123 Å². The Bertz CT molecular complexity index is 399. The van der Waals surface area contributed by atoms with Crippen LogP contribution in [0, 0.1) is 0 Å². The summed E-state index contributed by atoms with van der Waals surface area (Å²) in [5, 5.41) is 3.63. The first kappa shape index (κ1) is 13.9. The molecule has 1 fully saturated rings. The molecule has 1 unspecified atom stereocenters. The van der Waals surface area contributed by atoms with E-state index in [1.807, 2.05) is 0 Å². The van der Waals surface area contributed by atoms with Crippen LogP contribution in [0.4, 0.5) is 5.69 Å². The number of benzene rings is 1. The summed E-state index contributed by atoms with van der Waals surface area (Å²) >= 11 is 0. The summed E-state index contributed by atoms with van der Waals surface area (Å²) in [6.07, 6.45) is 5.25. The molecule has 1 atom stereocenters. The van der Waals surface area contributed by atoms with Gasteiger partial charge >= 0.3 is 0 Å². The molecule has 1 aromatic carbocycles. The fourth-order valence-corrected chi connectivity index (χ4v) is 3.43. The number of rotatable bonds is 4. The van der Waals surface area contributed by atoms with Gasteiger partial charge in [0.15, 0.2) is 0 Å². The molecule has 0 aliphatic carbocycles. The maximum absolute atomic E-state index is 3.63. The summed E-state index contributed by atoms with van der Waals surface area (Å²) in [4.78, 5) is 5.16. The Balaban J connectivity index is 1.50. The van der Waals surface area contributed by atoms with Crippen molar-refractivity contribution >= 4 is 5.69 Å². The van der Waals surface area contributed by atoms with Gasteiger partial charge in [-0.15, -0.1) is 0 Å². The van der Waals surface area contributed by atoms with Gasteiger partial charge in [-0.2, -0.15) is 0 Å². The molecule has 2 aliphatic heterocycles. The van der Waals surface area contributed by atoms with Gasteiger partial charge in [0.25, 0.3) is 0 Å². The number of anilines is 1. The maximum Gasteiger partial charge on any atom is 0.0373 e. The molecule has 0 amide bonds. The summed E-state index contributed by atoms with van der Waals surface area (Å²) in [6, 6.07) is 9.41. The molecule has 2 aliphatic rings. The lowest BCUT2D eigenvalue weighted by Gasteiger charge is -2.28. The molecule has 0 aromatic heterocycles. The van der Waals surface area contributed by atoms with Crippen molar-refractivity contribution in [3.63, 3.8) is 0 Å². The highest BCUT2D eigenvalue weighted by Gasteiger charge is 2.20. The maximum atomic E-state index is 3.63. The second-order valence-corrected chi connectivity index (χ2v) is 6.26. The lowest BCUT2D eigenvalue weighted by molar-refractivity contribution is 0.205. The summed E-state index contributed by atoms with van der Waals surface area (Å²) in [6.45, 7) is 6.13. The van der Waals surface area contributed by atoms with E-state index in [9.17, 15) is 0 Å². The van der Waals surface area contributed by atoms with Gasteiger partial charge in [-0.3, -0.25) is 0 Å². The van der Waals surface area contributed by atoms with Crippen LogP contribution < -0.4 is 5.32 Å². The van der Waals surface area contributed by atoms with E-state index in [-0.39, 0.29) is 0 Å². The number of likely N-dealkylation sites (tertiary alicyclic amines) is 1. The molecule has 1 N–H and O–H groups in total. The number of hydrogen-bond acceptors (Lipinski definition) is 3. The molecule has 2 heterocycles. The molecular weight excluding hydrogens is 246 g/mol. The van der Waals surface area contributed by atoms with Crippen LogP contribution in [0.15, 0.2) is 24.3 Å². The molecule has 3 nitrogen and oxygen atoms in total. The van der Waals surface area contributed by atoms with Crippen molar-refractivity contribution in [1.29, 1.82) is 0 Å². The Kier molecular flexibility index (Phi) is 4.58. The minimum absolute atomic E-state index is 0.657. The van der Waals surface area contributed by atoms with E-state index in [0.29, 0.717) is 6.04 Å². The van der Waals surface area contributed by atoms with E-state index in [1.165, 1.54) is 63.1 Å². The van der Waals surface area contributed by atoms with Crippen molar-refractivity contribution in [3.8, 4) is 0 Å². The van der Waals surface area contributed by atoms with Gasteiger partial charge in [0, 0.05) is 31.4 Å². The first-order valence-electron chi connectivity index (χ1n) is 8.07. The average Bonchev–Trinajstić information content (AvgIpc) is 2.90. The SMILES string of the molecule is CN(CCN1CCCC1)C1CCc2ccccc2NC1. The molecule has 0 bridgehead atoms. The van der Waals surface area contributed by atoms with Crippen molar-refractivity contribution in [2.24, 2.45) is 0 Å². The highest BCUT2D eigenvalue weighted by Crippen LogP contribution is 2.22. The predicted octanol–water partition coefficient (Wildman–Crippen LogP) is 2.44. The van der Waals surface area contributed by atoms with Crippen molar-refractivity contribution < 1.29 is 0 Å². The number of likely N-dealkylation sites (N-methyl/N-ethyl adjacent to an activating group) is 1. The van der Waals surface area contributed by atoms with Crippen molar-refractivity contribution in [1.82, 2.24) is 9.80 Å². The Morgan fingerprint density at radius 2 is 2.05 bits per heavy atom. The first-order valence-corrected chi connectivity index (χ1v) is 8.07. The smallest absolute Gasteiger partial charge is 0.0373 e. The van der Waals surface area contributed by atoms with Crippen LogP contribution >= 0.6 is 0 Å². The minimum atomic E-state index is 0.657. The molecule has 1 saturated heterocycles. The van der Waals surface area contributed by atoms with Crippen LogP contribution in [0.25, 0.3) is 0 Å². The molecular formula is C17H27N3. The molecule has 0 saturated carbocycles. The van der Waals surface area contributed by atoms with E-state index >= 15 is 0 Å². The number of aryl methyl sites for hydroxylation is 1. The molecule has 1 aromatic rings. The van der Waals surface area contributed by atoms with Gasteiger partial charge < -0.3 is 15.1 Å². The monoisotopic (exact) mass is 273 g/mol. The second-order valence-electron chi connectivity index (χ2n) is 6.26. The molecule has 3 heteroatoms. The zero-order valence-corrected chi connectivity index (χ0v) is 12.6. The van der Waals surface area contributed by atoms with Gasteiger partial charge in [-0.1, -0.05) is 18.2 Å². The highest BCUT2D eigenvalue weighted by atomic mass is 15.2. The molecule has 0 radical (unpaired) electrons. The van der Waals surface area contributed by atoms with E-state index in [0.717, 1.165) is 6.54 Å². The number of fused-ring (bicyclic) bond motifs is 1. The van der Waals surface area contributed by atoms with Crippen molar-refractivity contribution in [2.75, 3.05) is 45.1 Å². The first-order chi connectivity index (χ1) is 9.83. The highest BCUT2D eigenvalue weighted by molar-refractivity contribution is 5.52. The number of para-hydroxylation sites is 1. The predicted molar refractivity (Wildman–Crippen MR) is 85.3 cm³/mol. The summed E-state index contributed by atoms with van der Waals surface area (Å²) in [5.41, 5.74) is 2.81. The van der Waals surface area contributed by atoms with E-state index in [2.05, 4.69) is 46.4 Å². The topological polar surface area (TPSA) is 18.5 Å². The fourth-order valence-electron chi connectivity index (χ4n) is 3.43. The Morgan fingerprint density at radius 3 is 2.90 bits per heavy atom. The van der Waals surface area contributed by atoms with Crippen LogP contribution in [-0.4, -0.2) is 55.6 Å². The molecule has 20 heavy (non-hydrogen) atoms. The normalized spacial score (nSPS) is 23.4. The zero-order valence-electron chi connectivity index (χ0n) is 12.6. The average molecular weight is 273 g/mol. The van der Waals surface area contributed by atoms with Crippen LogP contribution in [-0.2, 0) is 6.42 Å². The largest absolute Gasteiger partial charge is 0.383 e. The van der Waals surface area contributed by atoms with Crippen LogP contribution in [0.5, 0.6) is 0 Å². The van der Waals surface area contributed by atoms with E-state index in [4.69, 9.17) is 0 Å². The minimum Gasteiger partial charge on any atom is -0.383 e. The van der Waals surface area contributed by atoms with E-state index < -0.39 is 0 Å². The van der Waals surface area contributed by atoms with Gasteiger partial charge in [0.1, 0.15) is 0 Å². The quantitative estimate of drug-likeness (QED) is 0.909. The van der Waals surface area contributed by atoms with Gasteiger partial charge in [-0.25, -0.2) is 0 Å². The van der Waals surface area contributed by atoms with Crippen molar-refractivity contribution in [2.45, 2.75) is 31.7 Å². The van der Waals surface area contributed by atoms with Gasteiger partial charge in [0.05, 0.1) is 0 Å². The lowest BCUT2D eigenvalue weighted by atomic mass is 10.1. The summed E-state index contributed by atoms with van der Waals surface area (Å²) < 4.78 is 0. The number of hydrogen-bond donors (Lipinski definition) is 1. The number of nitrogens with zero attached hydrogens (tertiary/aromatic N) is 2. The van der Waals surface area contributed by atoms with E-state index in [1.54, 1.807) is 0 Å². The molecule has 3 rings (SSSR count). The third kappa shape index (κ3) is 3.33. The Morgan fingerprint density at radius 1 is 1.25 bits per heavy atom. The Hall–Kier alpha value is -1.06. The third-order valence-corrected chi connectivity index (χ3v) is 4.88. The molecule has 0 spiro atoms. The summed E-state index contributed by atoms with van der Waals surface area (Å²) in [7, 11) is 2.29. The molecule has 110 valence electrons. The number of nitrogens with one attached hydrogen (secondary N) is 1. The van der Waals surface area contributed by atoms with Crippen LogP contribution in [0.2, 0.25) is 0 Å². The standard InChI is InChI=1S/C17H27N3/c1-19(12-13-20-10-4-5-11-20)16-9-8-15-6-2-3-7-17(15)18-14-16/h2-3,6-7,16,18H,4-5,8-14H2,1H3. The fraction of sp³-hybridized carbons (Fsp3) is 0.647. The lowest BCUT2D eigenvalue weighted by Crippen LogP contribution is -2.41. The van der Waals surface area contributed by atoms with Crippen LogP contribution in [0.1, 0.15) is 24.8 Å². The third-order valence-electron chi connectivity index (χ3n) is 4.88. The van der Waals surface area contributed by atoms with Gasteiger partial charge in [0.2, 0.25) is 0 Å². The van der Waals surface area contributed by atoms with Crippen molar-refractivity contribution in [3.05, 3.63) is 29.8 Å². The van der Waals surface area contributed by atoms with Gasteiger partial charge in [-0.05, 0) is 57.5 Å². The summed E-state index contributed by atoms with van der Waals surface area (Å²) in [5.74, 6) is 0. The van der Waals surface area contributed by atoms with Crippen LogP contribution in [0.3, 0.4) is 0 Å². The second kappa shape index (κ2) is 6.59.